The normalized spacial score (nSPS) is 19.6. The summed E-state index contributed by atoms with van der Waals surface area (Å²) in [5.74, 6) is 1.05. The summed E-state index contributed by atoms with van der Waals surface area (Å²) in [5, 5.41) is 3.01. The number of hydrogen-bond acceptors (Lipinski definition) is 5. The van der Waals surface area contributed by atoms with Crippen LogP contribution in [0.4, 0.5) is 0 Å². The van der Waals surface area contributed by atoms with Crippen molar-refractivity contribution in [2.45, 2.75) is 50.0 Å². The predicted octanol–water partition coefficient (Wildman–Crippen LogP) is 4.80. The van der Waals surface area contributed by atoms with Crippen molar-refractivity contribution < 1.29 is 22.7 Å². The maximum atomic E-state index is 13.8. The number of carbonyl (C=O) groups is 1. The standard InChI is InChI=1S/C29H36N2O5S/c1-21-11-13-22(14-12-21)8-6-7-18-30-29(32)28-25-10-5-4-9-23(25)17-19-31(28)37(33,34)24-15-16-26(35-2)27(20-24)36-3/h4-5,9-11,13-16,20-21,28H,6-8,12,17-19H2,1-3H3,(H,30,32). The fourth-order valence-corrected chi connectivity index (χ4v) is 6.49. The van der Waals surface area contributed by atoms with Gasteiger partial charge in [-0.05, 0) is 61.3 Å². The van der Waals surface area contributed by atoms with Gasteiger partial charge in [0.15, 0.2) is 11.5 Å². The Bertz CT molecular complexity index is 1280. The molecule has 1 aliphatic heterocycles. The van der Waals surface area contributed by atoms with Gasteiger partial charge in [-0.15, -0.1) is 0 Å². The van der Waals surface area contributed by atoms with Crippen LogP contribution in [0.1, 0.15) is 49.8 Å². The van der Waals surface area contributed by atoms with E-state index in [2.05, 4.69) is 30.5 Å². The second-order valence-electron chi connectivity index (χ2n) is 9.58. The zero-order valence-electron chi connectivity index (χ0n) is 21.8. The summed E-state index contributed by atoms with van der Waals surface area (Å²) in [5.41, 5.74) is 3.06. The largest absolute Gasteiger partial charge is 0.493 e. The quantitative estimate of drug-likeness (QED) is 0.452. The van der Waals surface area contributed by atoms with Gasteiger partial charge in [0.1, 0.15) is 6.04 Å². The van der Waals surface area contributed by atoms with Gasteiger partial charge in [0.05, 0.1) is 19.1 Å². The van der Waals surface area contributed by atoms with Gasteiger partial charge in [0.2, 0.25) is 15.9 Å². The van der Waals surface area contributed by atoms with E-state index in [1.165, 1.54) is 36.2 Å². The van der Waals surface area contributed by atoms with Gasteiger partial charge in [-0.2, -0.15) is 4.31 Å². The molecule has 0 bridgehead atoms. The van der Waals surface area contributed by atoms with Crippen LogP contribution in [0.15, 0.2) is 71.2 Å². The van der Waals surface area contributed by atoms with Crippen LogP contribution in [-0.2, 0) is 21.2 Å². The zero-order chi connectivity index (χ0) is 26.4. The third-order valence-corrected chi connectivity index (χ3v) is 8.89. The lowest BCUT2D eigenvalue weighted by Crippen LogP contribution is -2.47. The minimum absolute atomic E-state index is 0.0606. The van der Waals surface area contributed by atoms with Gasteiger partial charge < -0.3 is 14.8 Å². The van der Waals surface area contributed by atoms with E-state index in [0.29, 0.717) is 30.4 Å². The smallest absolute Gasteiger partial charge is 0.244 e. The van der Waals surface area contributed by atoms with Gasteiger partial charge >= 0.3 is 0 Å². The fourth-order valence-electron chi connectivity index (χ4n) is 4.91. The van der Waals surface area contributed by atoms with Crippen LogP contribution >= 0.6 is 0 Å². The fraction of sp³-hybridized carbons (Fsp3) is 0.414. The van der Waals surface area contributed by atoms with E-state index in [-0.39, 0.29) is 17.3 Å². The Balaban J connectivity index is 1.50. The van der Waals surface area contributed by atoms with Crippen LogP contribution in [0.5, 0.6) is 11.5 Å². The second-order valence-corrected chi connectivity index (χ2v) is 11.5. The maximum Gasteiger partial charge on any atom is 0.244 e. The minimum Gasteiger partial charge on any atom is -0.493 e. The Morgan fingerprint density at radius 3 is 2.59 bits per heavy atom. The lowest BCUT2D eigenvalue weighted by Gasteiger charge is -2.35. The molecule has 2 unspecified atom stereocenters. The number of allylic oxidation sites excluding steroid dienone is 4. The molecular weight excluding hydrogens is 488 g/mol. The molecule has 1 heterocycles. The van der Waals surface area contributed by atoms with Crippen molar-refractivity contribution in [3.8, 4) is 11.5 Å². The molecule has 1 aliphatic carbocycles. The second kappa shape index (κ2) is 12.0. The van der Waals surface area contributed by atoms with E-state index in [1.54, 1.807) is 6.07 Å². The first-order valence-electron chi connectivity index (χ1n) is 12.8. The molecule has 0 aromatic heterocycles. The number of unbranched alkanes of at least 4 members (excludes halogenated alkanes) is 1. The predicted molar refractivity (Wildman–Crippen MR) is 144 cm³/mol. The van der Waals surface area contributed by atoms with Crippen LogP contribution in [0, 0.1) is 5.92 Å². The van der Waals surface area contributed by atoms with Crippen molar-refractivity contribution in [1.82, 2.24) is 9.62 Å². The number of methoxy groups -OCH3 is 2. The van der Waals surface area contributed by atoms with E-state index in [1.807, 2.05) is 24.3 Å². The first-order chi connectivity index (χ1) is 17.8. The third-order valence-electron chi connectivity index (χ3n) is 7.03. The van der Waals surface area contributed by atoms with Crippen LogP contribution in [0.3, 0.4) is 0 Å². The van der Waals surface area contributed by atoms with E-state index < -0.39 is 16.1 Å². The Morgan fingerprint density at radius 1 is 1.08 bits per heavy atom. The van der Waals surface area contributed by atoms with Gasteiger partial charge in [-0.3, -0.25) is 4.79 Å². The Morgan fingerprint density at radius 2 is 1.86 bits per heavy atom. The summed E-state index contributed by atoms with van der Waals surface area (Å²) in [4.78, 5) is 13.5. The number of rotatable bonds is 10. The van der Waals surface area contributed by atoms with E-state index in [4.69, 9.17) is 9.47 Å². The van der Waals surface area contributed by atoms with Crippen LogP contribution in [-0.4, -0.2) is 45.9 Å². The zero-order valence-corrected chi connectivity index (χ0v) is 22.6. The monoisotopic (exact) mass is 524 g/mol. The van der Waals surface area contributed by atoms with Gasteiger partial charge in [0.25, 0.3) is 0 Å². The summed E-state index contributed by atoms with van der Waals surface area (Å²) in [6.07, 6.45) is 11.1. The number of hydrogen-bond donors (Lipinski definition) is 1. The highest BCUT2D eigenvalue weighted by Crippen LogP contribution is 2.37. The molecule has 2 aliphatic rings. The molecule has 0 saturated heterocycles. The molecular formula is C29H36N2O5S. The summed E-state index contributed by atoms with van der Waals surface area (Å²) >= 11 is 0. The molecule has 2 aromatic rings. The number of fused-ring (bicyclic) bond motifs is 1. The van der Waals surface area contributed by atoms with Crippen molar-refractivity contribution in [3.63, 3.8) is 0 Å². The average Bonchev–Trinajstić information content (AvgIpc) is 2.92. The summed E-state index contributed by atoms with van der Waals surface area (Å²) < 4.78 is 39.5. The van der Waals surface area contributed by atoms with Crippen molar-refractivity contribution in [2.24, 2.45) is 5.92 Å². The number of benzene rings is 2. The molecule has 1 N–H and O–H groups in total. The van der Waals surface area contributed by atoms with Crippen molar-refractivity contribution in [3.05, 3.63) is 77.4 Å². The molecule has 0 saturated carbocycles. The van der Waals surface area contributed by atoms with Crippen molar-refractivity contribution >= 4 is 15.9 Å². The summed E-state index contributed by atoms with van der Waals surface area (Å²) in [6.45, 7) is 2.91. The highest BCUT2D eigenvalue weighted by atomic mass is 32.2. The lowest BCUT2D eigenvalue weighted by molar-refractivity contribution is -0.125. The molecule has 2 aromatic carbocycles. The van der Waals surface area contributed by atoms with Gasteiger partial charge in [-0.1, -0.05) is 55.0 Å². The van der Waals surface area contributed by atoms with Gasteiger partial charge in [-0.25, -0.2) is 8.42 Å². The average molecular weight is 525 g/mol. The molecule has 0 radical (unpaired) electrons. The first-order valence-corrected chi connectivity index (χ1v) is 14.3. The Kier molecular flexibility index (Phi) is 8.71. The topological polar surface area (TPSA) is 84.9 Å². The Hall–Kier alpha value is -3.10. The van der Waals surface area contributed by atoms with E-state index >= 15 is 0 Å². The third kappa shape index (κ3) is 6.08. The molecule has 37 heavy (non-hydrogen) atoms. The molecule has 0 fully saturated rings. The van der Waals surface area contributed by atoms with Crippen molar-refractivity contribution in [2.75, 3.05) is 27.3 Å². The van der Waals surface area contributed by atoms with E-state index in [0.717, 1.165) is 36.8 Å². The lowest BCUT2D eigenvalue weighted by atomic mass is 9.94. The molecule has 2 atom stereocenters. The molecule has 7 nitrogen and oxygen atoms in total. The van der Waals surface area contributed by atoms with Gasteiger partial charge in [0, 0.05) is 19.2 Å². The molecule has 4 rings (SSSR count). The summed E-state index contributed by atoms with van der Waals surface area (Å²) in [7, 11) is -1.03. The highest BCUT2D eigenvalue weighted by Gasteiger charge is 2.40. The number of nitrogens with one attached hydrogen (secondary N) is 1. The molecule has 1 amide bonds. The first kappa shape index (κ1) is 26.9. The maximum absolute atomic E-state index is 13.8. The van der Waals surface area contributed by atoms with Crippen LogP contribution in [0.2, 0.25) is 0 Å². The number of nitrogens with zero attached hydrogens (tertiary/aromatic N) is 1. The SMILES string of the molecule is COc1ccc(S(=O)(=O)N2CCc3ccccc3C2C(=O)NCCCCC2=CCC(C)C=C2)cc1OC. The van der Waals surface area contributed by atoms with Crippen molar-refractivity contribution in [1.29, 1.82) is 0 Å². The molecule has 0 spiro atoms. The molecule has 198 valence electrons. The highest BCUT2D eigenvalue weighted by molar-refractivity contribution is 7.89. The van der Waals surface area contributed by atoms with Crippen LogP contribution < -0.4 is 14.8 Å². The molecule has 8 heteroatoms. The number of carbonyl (C=O) groups excluding carboxylic acids is 1. The number of ether oxygens (including phenoxy) is 2. The summed E-state index contributed by atoms with van der Waals surface area (Å²) in [6, 6.07) is 11.1. The minimum atomic E-state index is -3.99. The Labute approximate surface area is 220 Å². The number of amides is 1. The number of sulfonamides is 1. The van der Waals surface area contributed by atoms with Crippen LogP contribution in [0.25, 0.3) is 0 Å². The van der Waals surface area contributed by atoms with E-state index in [9.17, 15) is 13.2 Å².